The van der Waals surface area contributed by atoms with Gasteiger partial charge in [-0.2, -0.15) is 0 Å². The Labute approximate surface area is 181 Å². The van der Waals surface area contributed by atoms with E-state index in [1.807, 2.05) is 0 Å². The highest BCUT2D eigenvalue weighted by Crippen LogP contribution is 2.28. The summed E-state index contributed by atoms with van der Waals surface area (Å²) >= 11 is 0. The summed E-state index contributed by atoms with van der Waals surface area (Å²) in [5.41, 5.74) is 4.06. The van der Waals surface area contributed by atoms with Crippen LogP contribution in [0.3, 0.4) is 0 Å². The van der Waals surface area contributed by atoms with Crippen molar-refractivity contribution in [1.82, 2.24) is 9.80 Å². The monoisotopic (exact) mass is 399 g/mol. The van der Waals surface area contributed by atoms with Gasteiger partial charge in [0.15, 0.2) is 0 Å². The van der Waals surface area contributed by atoms with E-state index in [9.17, 15) is 0 Å². The van der Waals surface area contributed by atoms with Crippen molar-refractivity contribution >= 4 is 5.69 Å². The van der Waals surface area contributed by atoms with E-state index >= 15 is 0 Å². The van der Waals surface area contributed by atoms with Gasteiger partial charge in [0.2, 0.25) is 0 Å². The van der Waals surface area contributed by atoms with Crippen molar-refractivity contribution in [3.63, 3.8) is 0 Å². The van der Waals surface area contributed by atoms with E-state index in [0.717, 1.165) is 32.7 Å². The number of hydrogen-bond donors (Lipinski definition) is 1. The standard InChI is InChI=1S/C27H33N3/c1-4-10-24(11-5-1)27(25-12-6-2-7-13-25)16-18-29-20-22-30(23-21-29)19-17-28-26-14-8-3-9-15-26/h1-15,27-28H,16-23H2. The summed E-state index contributed by atoms with van der Waals surface area (Å²) in [5.74, 6) is 0.473. The predicted molar refractivity (Wildman–Crippen MR) is 127 cm³/mol. The molecule has 1 saturated heterocycles. The maximum Gasteiger partial charge on any atom is 0.0340 e. The van der Waals surface area contributed by atoms with Crippen LogP contribution in [0.5, 0.6) is 0 Å². The van der Waals surface area contributed by atoms with E-state index in [1.54, 1.807) is 0 Å². The van der Waals surface area contributed by atoms with Crippen LogP contribution >= 0.6 is 0 Å². The lowest BCUT2D eigenvalue weighted by Gasteiger charge is -2.35. The van der Waals surface area contributed by atoms with Crippen molar-refractivity contribution in [2.45, 2.75) is 12.3 Å². The molecule has 0 aliphatic carbocycles. The van der Waals surface area contributed by atoms with Crippen LogP contribution in [0.4, 0.5) is 5.69 Å². The van der Waals surface area contributed by atoms with Crippen molar-refractivity contribution < 1.29 is 0 Å². The number of hydrogen-bond acceptors (Lipinski definition) is 3. The van der Waals surface area contributed by atoms with Gasteiger partial charge < -0.3 is 10.2 Å². The lowest BCUT2D eigenvalue weighted by Crippen LogP contribution is -2.47. The van der Waals surface area contributed by atoms with Gasteiger partial charge in [0, 0.05) is 50.9 Å². The van der Waals surface area contributed by atoms with Crippen LogP contribution in [0.1, 0.15) is 23.5 Å². The Morgan fingerprint density at radius 1 is 0.600 bits per heavy atom. The third-order valence-electron chi connectivity index (χ3n) is 6.13. The fourth-order valence-corrected chi connectivity index (χ4v) is 4.36. The maximum absolute atomic E-state index is 3.52. The largest absolute Gasteiger partial charge is 0.384 e. The minimum absolute atomic E-state index is 0.473. The molecule has 1 heterocycles. The molecule has 0 amide bonds. The van der Waals surface area contributed by atoms with Crippen LogP contribution in [0.25, 0.3) is 0 Å². The molecule has 0 unspecified atom stereocenters. The van der Waals surface area contributed by atoms with Gasteiger partial charge in [-0.05, 0) is 36.2 Å². The molecule has 0 radical (unpaired) electrons. The summed E-state index contributed by atoms with van der Waals surface area (Å²) in [6.45, 7) is 7.94. The fourth-order valence-electron chi connectivity index (χ4n) is 4.36. The summed E-state index contributed by atoms with van der Waals surface area (Å²) in [6, 6.07) is 32.4. The van der Waals surface area contributed by atoms with Crippen molar-refractivity contribution in [1.29, 1.82) is 0 Å². The van der Waals surface area contributed by atoms with E-state index in [4.69, 9.17) is 0 Å². The summed E-state index contributed by atoms with van der Waals surface area (Å²) < 4.78 is 0. The van der Waals surface area contributed by atoms with E-state index in [2.05, 4.69) is 106 Å². The van der Waals surface area contributed by atoms with Crippen LogP contribution in [-0.4, -0.2) is 55.6 Å². The molecular weight excluding hydrogens is 366 g/mol. The molecule has 0 aromatic heterocycles. The Bertz CT molecular complexity index is 804. The number of nitrogens with one attached hydrogen (secondary N) is 1. The molecule has 0 spiro atoms. The summed E-state index contributed by atoms with van der Waals surface area (Å²) in [4.78, 5) is 5.22. The van der Waals surface area contributed by atoms with Crippen LogP contribution in [0.15, 0.2) is 91.0 Å². The lowest BCUT2D eigenvalue weighted by atomic mass is 9.88. The molecule has 30 heavy (non-hydrogen) atoms. The lowest BCUT2D eigenvalue weighted by molar-refractivity contribution is 0.134. The predicted octanol–water partition coefficient (Wildman–Crippen LogP) is 4.94. The van der Waals surface area contributed by atoms with E-state index in [-0.39, 0.29) is 0 Å². The molecule has 4 rings (SSSR count). The first-order valence-electron chi connectivity index (χ1n) is 11.2. The molecule has 1 aliphatic rings. The molecule has 0 bridgehead atoms. The molecule has 0 saturated carbocycles. The van der Waals surface area contributed by atoms with Gasteiger partial charge >= 0.3 is 0 Å². The topological polar surface area (TPSA) is 18.5 Å². The number of nitrogens with zero attached hydrogens (tertiary/aromatic N) is 2. The second kappa shape index (κ2) is 11.0. The number of para-hydroxylation sites is 1. The quantitative estimate of drug-likeness (QED) is 0.550. The normalized spacial score (nSPS) is 15.4. The Kier molecular flexibility index (Phi) is 7.54. The van der Waals surface area contributed by atoms with Crippen LogP contribution < -0.4 is 5.32 Å². The minimum Gasteiger partial charge on any atom is -0.384 e. The van der Waals surface area contributed by atoms with Gasteiger partial charge in [0.05, 0.1) is 0 Å². The average Bonchev–Trinajstić information content (AvgIpc) is 2.82. The molecule has 3 aromatic rings. The van der Waals surface area contributed by atoms with Crippen LogP contribution in [-0.2, 0) is 0 Å². The number of rotatable bonds is 9. The molecule has 1 fully saturated rings. The Morgan fingerprint density at radius 2 is 1.07 bits per heavy atom. The summed E-state index contributed by atoms with van der Waals surface area (Å²) in [6.07, 6.45) is 1.17. The summed E-state index contributed by atoms with van der Waals surface area (Å²) in [5, 5.41) is 3.52. The molecular formula is C27H33N3. The first-order valence-corrected chi connectivity index (χ1v) is 11.2. The summed E-state index contributed by atoms with van der Waals surface area (Å²) in [7, 11) is 0. The zero-order valence-electron chi connectivity index (χ0n) is 17.8. The highest BCUT2D eigenvalue weighted by Gasteiger charge is 2.19. The van der Waals surface area contributed by atoms with Gasteiger partial charge in [-0.25, -0.2) is 0 Å². The second-order valence-corrected chi connectivity index (χ2v) is 8.14. The van der Waals surface area contributed by atoms with Crippen LogP contribution in [0.2, 0.25) is 0 Å². The molecule has 1 N–H and O–H groups in total. The van der Waals surface area contributed by atoms with E-state index in [1.165, 1.54) is 36.3 Å². The zero-order chi connectivity index (χ0) is 20.4. The Balaban J connectivity index is 1.24. The number of anilines is 1. The molecule has 1 aliphatic heterocycles. The van der Waals surface area contributed by atoms with E-state index in [0.29, 0.717) is 5.92 Å². The molecule has 156 valence electrons. The first-order chi connectivity index (χ1) is 14.9. The van der Waals surface area contributed by atoms with Crippen molar-refractivity contribution in [2.75, 3.05) is 51.1 Å². The molecule has 0 atom stereocenters. The van der Waals surface area contributed by atoms with Gasteiger partial charge in [0.25, 0.3) is 0 Å². The van der Waals surface area contributed by atoms with Crippen LogP contribution in [0, 0.1) is 0 Å². The van der Waals surface area contributed by atoms with Crippen molar-refractivity contribution in [2.24, 2.45) is 0 Å². The van der Waals surface area contributed by atoms with Gasteiger partial charge in [-0.15, -0.1) is 0 Å². The van der Waals surface area contributed by atoms with Crippen molar-refractivity contribution in [3.05, 3.63) is 102 Å². The number of benzene rings is 3. The van der Waals surface area contributed by atoms with Gasteiger partial charge in [-0.1, -0.05) is 78.9 Å². The SMILES string of the molecule is c1ccc(NCCN2CCN(CCC(c3ccccc3)c3ccccc3)CC2)cc1. The zero-order valence-corrected chi connectivity index (χ0v) is 17.8. The molecule has 3 nitrogen and oxygen atoms in total. The molecule has 3 heteroatoms. The fraction of sp³-hybridized carbons (Fsp3) is 0.333. The van der Waals surface area contributed by atoms with E-state index < -0.39 is 0 Å². The Hall–Kier alpha value is -2.62. The smallest absolute Gasteiger partial charge is 0.0340 e. The highest BCUT2D eigenvalue weighted by molar-refractivity contribution is 5.42. The second-order valence-electron chi connectivity index (χ2n) is 8.14. The first kappa shape index (κ1) is 20.6. The maximum atomic E-state index is 3.52. The van der Waals surface area contributed by atoms with Crippen molar-refractivity contribution in [3.8, 4) is 0 Å². The number of piperazine rings is 1. The van der Waals surface area contributed by atoms with Gasteiger partial charge in [0.1, 0.15) is 0 Å². The average molecular weight is 400 g/mol. The minimum atomic E-state index is 0.473. The third-order valence-corrected chi connectivity index (χ3v) is 6.13. The highest BCUT2D eigenvalue weighted by atomic mass is 15.3. The molecule has 3 aromatic carbocycles. The third kappa shape index (κ3) is 5.94. The van der Waals surface area contributed by atoms with Gasteiger partial charge in [-0.3, -0.25) is 4.90 Å². The Morgan fingerprint density at radius 3 is 1.60 bits per heavy atom.